The lowest BCUT2D eigenvalue weighted by Gasteiger charge is -1.98. The van der Waals surface area contributed by atoms with Gasteiger partial charge >= 0.3 is 5.97 Å². The van der Waals surface area contributed by atoms with E-state index in [1.807, 2.05) is 0 Å². The van der Waals surface area contributed by atoms with Crippen molar-refractivity contribution in [2.24, 2.45) is 0 Å². The molecular formula is C5H7Br3O2. The van der Waals surface area contributed by atoms with Gasteiger partial charge in [-0.25, -0.2) is 0 Å². The van der Waals surface area contributed by atoms with E-state index < -0.39 is 0 Å². The Morgan fingerprint density at radius 3 is 2.50 bits per heavy atom. The summed E-state index contributed by atoms with van der Waals surface area (Å²) in [7, 11) is 0. The van der Waals surface area contributed by atoms with E-state index >= 15 is 0 Å². The predicted octanol–water partition coefficient (Wildman–Crippen LogP) is 3.13. The molecule has 0 aromatic carbocycles. The summed E-state index contributed by atoms with van der Waals surface area (Å²) >= 11 is 9.21. The Kier molecular flexibility index (Phi) is 7.21. The lowest BCUT2D eigenvalue weighted by atomic mass is 10.3. The molecule has 0 N–H and O–H groups in total. The van der Waals surface area contributed by atoms with Gasteiger partial charge in [-0.3, -0.25) is 4.79 Å². The number of alkyl halides is 2. The summed E-state index contributed by atoms with van der Waals surface area (Å²) in [6.45, 7) is 0. The van der Waals surface area contributed by atoms with Crippen molar-refractivity contribution in [2.75, 3.05) is 0 Å². The van der Waals surface area contributed by atoms with Gasteiger partial charge in [0, 0.05) is 6.42 Å². The summed E-state index contributed by atoms with van der Waals surface area (Å²) in [5.41, 5.74) is 0. The average Bonchev–Trinajstić information content (AvgIpc) is 1.87. The van der Waals surface area contributed by atoms with Gasteiger partial charge in [-0.2, -0.15) is 0 Å². The summed E-state index contributed by atoms with van der Waals surface area (Å²) < 4.78 is 4.57. The molecule has 0 aliphatic heterocycles. The van der Waals surface area contributed by atoms with Gasteiger partial charge in [-0.05, 0) is 12.8 Å². The molecule has 60 valence electrons. The first-order chi connectivity index (χ1) is 4.66. The molecule has 5 heteroatoms. The lowest BCUT2D eigenvalue weighted by molar-refractivity contribution is -0.132. The third-order valence-electron chi connectivity index (χ3n) is 0.889. The molecule has 0 amide bonds. The van der Waals surface area contributed by atoms with E-state index in [-0.39, 0.29) is 5.97 Å². The number of carbonyl (C=O) groups is 1. The third-order valence-corrected chi connectivity index (χ3v) is 2.17. The van der Waals surface area contributed by atoms with E-state index in [1.165, 1.54) is 0 Å². The smallest absolute Gasteiger partial charge is 0.317 e. The van der Waals surface area contributed by atoms with E-state index in [0.29, 0.717) is 10.2 Å². The van der Waals surface area contributed by atoms with Crippen molar-refractivity contribution >= 4 is 54.1 Å². The largest absolute Gasteiger partial charge is 0.384 e. The molecule has 2 nitrogen and oxygen atoms in total. The zero-order chi connectivity index (χ0) is 7.98. The van der Waals surface area contributed by atoms with Crippen LogP contribution in [-0.2, 0) is 8.62 Å². The van der Waals surface area contributed by atoms with E-state index in [9.17, 15) is 4.79 Å². The van der Waals surface area contributed by atoms with Gasteiger partial charge in [0.15, 0.2) is 16.3 Å². The molecule has 0 radical (unpaired) electrons. The van der Waals surface area contributed by atoms with Crippen LogP contribution in [-0.4, -0.2) is 9.71 Å². The van der Waals surface area contributed by atoms with Crippen LogP contribution < -0.4 is 0 Å². The van der Waals surface area contributed by atoms with Crippen LogP contribution in [0.25, 0.3) is 0 Å². The average molecular weight is 339 g/mol. The Hall–Kier alpha value is 0.910. The van der Waals surface area contributed by atoms with E-state index in [1.54, 1.807) is 0 Å². The van der Waals surface area contributed by atoms with Crippen LogP contribution in [0.5, 0.6) is 0 Å². The van der Waals surface area contributed by atoms with Gasteiger partial charge in [0.25, 0.3) is 0 Å². The Balaban J connectivity index is 3.12. The Morgan fingerprint density at radius 2 is 2.10 bits per heavy atom. The van der Waals surface area contributed by atoms with Crippen LogP contribution in [0.3, 0.4) is 0 Å². The van der Waals surface area contributed by atoms with Crippen molar-refractivity contribution < 1.29 is 8.62 Å². The van der Waals surface area contributed by atoms with Crippen molar-refractivity contribution in [3.8, 4) is 0 Å². The maximum Gasteiger partial charge on any atom is 0.317 e. The van der Waals surface area contributed by atoms with E-state index in [4.69, 9.17) is 0 Å². The summed E-state index contributed by atoms with van der Waals surface area (Å²) in [4.78, 5) is 10.5. The zero-order valence-corrected chi connectivity index (χ0v) is 9.91. The fourth-order valence-corrected chi connectivity index (χ4v) is 1.25. The molecule has 10 heavy (non-hydrogen) atoms. The first-order valence-electron chi connectivity index (χ1n) is 2.76. The highest BCUT2D eigenvalue weighted by molar-refractivity contribution is 9.24. The first-order valence-corrected chi connectivity index (χ1v) is 5.24. The molecule has 0 aliphatic rings. The summed E-state index contributed by atoms with van der Waals surface area (Å²) in [5, 5.41) is 0. The molecule has 0 aliphatic carbocycles. The molecule has 0 fully saturated rings. The second-order valence-electron chi connectivity index (χ2n) is 1.73. The molecule has 0 aromatic heterocycles. The van der Waals surface area contributed by atoms with Gasteiger partial charge in [0.2, 0.25) is 0 Å². The minimum atomic E-state index is -0.222. The van der Waals surface area contributed by atoms with Gasteiger partial charge < -0.3 is 3.83 Å². The SMILES string of the molecule is O=C(CCCC(Br)Br)OBr. The normalized spacial score (nSPS) is 10.0. The first kappa shape index (κ1) is 10.9. The van der Waals surface area contributed by atoms with Crippen LogP contribution >= 0.6 is 48.1 Å². The highest BCUT2D eigenvalue weighted by Gasteiger charge is 2.02. The molecule has 0 bridgehead atoms. The fourth-order valence-electron chi connectivity index (χ4n) is 0.439. The minimum absolute atomic E-state index is 0.222. The highest BCUT2D eigenvalue weighted by Crippen LogP contribution is 2.16. The standard InChI is InChI=1S/C5H7Br3O2/c6-4(7)2-1-3-5(9)10-8/h4H,1-3H2. The van der Waals surface area contributed by atoms with Crippen LogP contribution in [0.2, 0.25) is 0 Å². The molecular weight excluding hydrogens is 332 g/mol. The summed E-state index contributed by atoms with van der Waals surface area (Å²) in [5.74, 6) is -0.222. The fraction of sp³-hybridized carbons (Fsp3) is 0.800. The quantitative estimate of drug-likeness (QED) is 0.736. The topological polar surface area (TPSA) is 26.3 Å². The summed E-state index contributed by atoms with van der Waals surface area (Å²) in [6.07, 6.45) is 2.20. The number of rotatable bonds is 4. The van der Waals surface area contributed by atoms with Crippen LogP contribution in [0.1, 0.15) is 19.3 Å². The number of carbonyl (C=O) groups excluding carboxylic acids is 1. The van der Waals surface area contributed by atoms with Crippen molar-refractivity contribution in [3.63, 3.8) is 0 Å². The number of hydrogen-bond acceptors (Lipinski definition) is 2. The van der Waals surface area contributed by atoms with Crippen molar-refractivity contribution in [2.45, 2.75) is 23.0 Å². The third kappa shape index (κ3) is 7.02. The number of halogens is 3. The molecule has 0 heterocycles. The van der Waals surface area contributed by atoms with E-state index in [0.717, 1.165) is 12.8 Å². The lowest BCUT2D eigenvalue weighted by Crippen LogP contribution is -1.97. The Labute approximate surface area is 85.4 Å². The minimum Gasteiger partial charge on any atom is -0.384 e. The maximum absolute atomic E-state index is 10.5. The second kappa shape index (κ2) is 6.61. The Bertz CT molecular complexity index is 105. The van der Waals surface area contributed by atoms with Crippen LogP contribution in [0, 0.1) is 0 Å². The van der Waals surface area contributed by atoms with Crippen molar-refractivity contribution in [1.29, 1.82) is 0 Å². The molecule has 0 spiro atoms. The van der Waals surface area contributed by atoms with E-state index in [2.05, 4.69) is 51.9 Å². The zero-order valence-electron chi connectivity index (χ0n) is 5.15. The van der Waals surface area contributed by atoms with Crippen LogP contribution in [0.4, 0.5) is 0 Å². The monoisotopic (exact) mass is 336 g/mol. The molecule has 0 saturated heterocycles. The van der Waals surface area contributed by atoms with Crippen molar-refractivity contribution in [3.05, 3.63) is 0 Å². The van der Waals surface area contributed by atoms with Gasteiger partial charge in [-0.1, -0.05) is 31.9 Å². The summed E-state index contributed by atoms with van der Waals surface area (Å²) in [6, 6.07) is 0. The van der Waals surface area contributed by atoms with Gasteiger partial charge in [0.1, 0.15) is 0 Å². The van der Waals surface area contributed by atoms with Gasteiger partial charge in [-0.15, -0.1) is 0 Å². The predicted molar refractivity (Wildman–Crippen MR) is 50.5 cm³/mol. The highest BCUT2D eigenvalue weighted by atomic mass is 79.9. The van der Waals surface area contributed by atoms with Crippen molar-refractivity contribution in [1.82, 2.24) is 0 Å². The maximum atomic E-state index is 10.5. The van der Waals surface area contributed by atoms with Gasteiger partial charge in [0.05, 0.1) is 3.74 Å². The molecule has 0 atom stereocenters. The molecule has 0 aromatic rings. The molecule has 0 unspecified atom stereocenters. The molecule has 0 rings (SSSR count). The number of hydrogen-bond donors (Lipinski definition) is 0. The van der Waals surface area contributed by atoms with Crippen LogP contribution in [0.15, 0.2) is 0 Å². The second-order valence-corrected chi connectivity index (χ2v) is 5.50. The molecule has 0 saturated carbocycles. The Morgan fingerprint density at radius 1 is 1.50 bits per heavy atom.